The van der Waals surface area contributed by atoms with Gasteiger partial charge in [0.05, 0.1) is 24.1 Å². The molecule has 4 rings (SSSR count). The summed E-state index contributed by atoms with van der Waals surface area (Å²) in [4.78, 5) is 31.5. The van der Waals surface area contributed by atoms with Gasteiger partial charge in [-0.3, -0.25) is 14.3 Å². The molecular weight excluding hydrogens is 597 g/mol. The molecule has 0 radical (unpaired) electrons. The quantitative estimate of drug-likeness (QED) is 0.176. The van der Waals surface area contributed by atoms with Crippen molar-refractivity contribution in [1.82, 2.24) is 24.5 Å². The predicted octanol–water partition coefficient (Wildman–Crippen LogP) is 5.88. The smallest absolute Gasteiger partial charge is 0.396 e. The van der Waals surface area contributed by atoms with Gasteiger partial charge in [-0.15, -0.1) is 0 Å². The van der Waals surface area contributed by atoms with Crippen LogP contribution in [0.3, 0.4) is 0 Å². The molecule has 44 heavy (non-hydrogen) atoms. The SMILES string of the molecule is CC=CC(Cn1c(=O)c(-c2ccc(-c3cncc(C)n3)cc2Cl)cc2cnc(NC(CCO)CCO)nc21)=C(C)C(F)(F)F. The van der Waals surface area contributed by atoms with Gasteiger partial charge in [-0.25, -0.2) is 9.97 Å². The normalized spacial score (nSPS) is 12.8. The number of hydrogen-bond donors (Lipinski definition) is 3. The summed E-state index contributed by atoms with van der Waals surface area (Å²) in [6.07, 6.45) is 3.45. The van der Waals surface area contributed by atoms with Gasteiger partial charge in [-0.2, -0.15) is 18.2 Å². The molecule has 232 valence electrons. The molecule has 3 aromatic heterocycles. The second-order valence-electron chi connectivity index (χ2n) is 10.2. The van der Waals surface area contributed by atoms with E-state index < -0.39 is 23.9 Å². The van der Waals surface area contributed by atoms with E-state index in [0.717, 1.165) is 6.92 Å². The van der Waals surface area contributed by atoms with Crippen LogP contribution in [0.15, 0.2) is 70.9 Å². The maximum absolute atomic E-state index is 14.1. The molecule has 0 aliphatic carbocycles. The van der Waals surface area contributed by atoms with Gasteiger partial charge >= 0.3 is 6.18 Å². The van der Waals surface area contributed by atoms with Gasteiger partial charge in [0.25, 0.3) is 5.56 Å². The minimum absolute atomic E-state index is 0.0936. The van der Waals surface area contributed by atoms with Crippen molar-refractivity contribution >= 4 is 28.6 Å². The summed E-state index contributed by atoms with van der Waals surface area (Å²) in [7, 11) is 0. The first kappa shape index (κ1) is 32.8. The van der Waals surface area contributed by atoms with Gasteiger partial charge in [0, 0.05) is 64.3 Å². The first-order chi connectivity index (χ1) is 21.0. The van der Waals surface area contributed by atoms with Crippen LogP contribution in [-0.4, -0.2) is 60.1 Å². The lowest BCUT2D eigenvalue weighted by Gasteiger charge is -2.19. The Hall–Kier alpha value is -4.13. The van der Waals surface area contributed by atoms with E-state index in [0.29, 0.717) is 40.7 Å². The fraction of sp³-hybridized carbons (Fsp3) is 0.323. The van der Waals surface area contributed by atoms with Crippen molar-refractivity contribution < 1.29 is 23.4 Å². The lowest BCUT2D eigenvalue weighted by atomic mass is 10.0. The summed E-state index contributed by atoms with van der Waals surface area (Å²) < 4.78 is 42.6. The van der Waals surface area contributed by atoms with Gasteiger partial charge in [0.15, 0.2) is 0 Å². The third-order valence-electron chi connectivity index (χ3n) is 7.03. The minimum Gasteiger partial charge on any atom is -0.396 e. The number of aromatic nitrogens is 5. The zero-order valence-corrected chi connectivity index (χ0v) is 25.1. The summed E-state index contributed by atoms with van der Waals surface area (Å²) in [6, 6.07) is 6.23. The topological polar surface area (TPSA) is 126 Å². The Morgan fingerprint density at radius 3 is 2.43 bits per heavy atom. The summed E-state index contributed by atoms with van der Waals surface area (Å²) in [5.41, 5.74) is 1.03. The average Bonchev–Trinajstić information content (AvgIpc) is 2.97. The minimum atomic E-state index is -4.62. The van der Waals surface area contributed by atoms with Gasteiger partial charge in [-0.05, 0) is 51.3 Å². The molecule has 0 spiro atoms. The Balaban J connectivity index is 1.92. The average molecular weight is 629 g/mol. The molecule has 0 saturated carbocycles. The maximum Gasteiger partial charge on any atom is 0.412 e. The monoisotopic (exact) mass is 628 g/mol. The van der Waals surface area contributed by atoms with Crippen LogP contribution in [0.5, 0.6) is 0 Å². The van der Waals surface area contributed by atoms with Crippen molar-refractivity contribution in [1.29, 1.82) is 0 Å². The number of nitrogens with zero attached hydrogens (tertiary/aromatic N) is 5. The standard InChI is InChI=1S/C31H32ClF3N6O3/c1-4-5-21(19(3)31(33,34)35)17-41-28-22(15-37-30(40-28)39-23(8-10-42)9-11-43)12-25(29(41)44)24-7-6-20(13-26(24)32)27-16-36-14-18(2)38-27/h4-7,12-16,23,42-43H,8-11,17H2,1-3H3,(H,37,39,40). The number of pyridine rings is 1. The third kappa shape index (κ3) is 7.50. The lowest BCUT2D eigenvalue weighted by molar-refractivity contribution is -0.0921. The molecule has 1 aromatic carbocycles. The highest BCUT2D eigenvalue weighted by Gasteiger charge is 2.32. The number of anilines is 1. The number of aliphatic hydroxyl groups excluding tert-OH is 2. The number of benzene rings is 1. The fourth-order valence-electron chi connectivity index (χ4n) is 4.70. The predicted molar refractivity (Wildman–Crippen MR) is 164 cm³/mol. The molecular formula is C31H32ClF3N6O3. The van der Waals surface area contributed by atoms with Gasteiger partial charge < -0.3 is 15.5 Å². The Morgan fingerprint density at radius 2 is 1.82 bits per heavy atom. The van der Waals surface area contributed by atoms with Crippen LogP contribution in [0.1, 0.15) is 32.4 Å². The molecule has 0 aliphatic rings. The second-order valence-corrected chi connectivity index (χ2v) is 10.6. The van der Waals surface area contributed by atoms with Crippen LogP contribution < -0.4 is 10.9 Å². The lowest BCUT2D eigenvalue weighted by Crippen LogP contribution is -2.27. The van der Waals surface area contributed by atoms with Crippen LogP contribution in [0.2, 0.25) is 5.02 Å². The van der Waals surface area contributed by atoms with E-state index in [9.17, 15) is 28.2 Å². The fourth-order valence-corrected chi connectivity index (χ4v) is 4.98. The van der Waals surface area contributed by atoms with E-state index in [1.54, 1.807) is 43.6 Å². The van der Waals surface area contributed by atoms with Gasteiger partial charge in [0.2, 0.25) is 5.95 Å². The molecule has 0 saturated heterocycles. The highest BCUT2D eigenvalue weighted by molar-refractivity contribution is 6.33. The summed E-state index contributed by atoms with van der Waals surface area (Å²) in [6.45, 7) is 3.64. The number of hydrogen-bond acceptors (Lipinski definition) is 8. The van der Waals surface area contributed by atoms with E-state index in [2.05, 4.69) is 25.3 Å². The number of aryl methyl sites for hydroxylation is 1. The molecule has 0 amide bonds. The molecule has 13 heteroatoms. The second kappa shape index (κ2) is 14.1. The van der Waals surface area contributed by atoms with Gasteiger partial charge in [-0.1, -0.05) is 35.9 Å². The number of rotatable bonds is 11. The van der Waals surface area contributed by atoms with Crippen LogP contribution in [0.4, 0.5) is 19.1 Å². The Labute approximate surface area is 256 Å². The largest absolute Gasteiger partial charge is 0.412 e. The van der Waals surface area contributed by atoms with E-state index in [1.807, 2.05) is 6.92 Å². The molecule has 0 aliphatic heterocycles. The Kier molecular flexibility index (Phi) is 10.5. The van der Waals surface area contributed by atoms with E-state index in [4.69, 9.17) is 11.6 Å². The molecule has 3 heterocycles. The number of allylic oxidation sites excluding steroid dienone is 4. The Bertz CT molecular complexity index is 1770. The molecule has 0 unspecified atom stereocenters. The van der Waals surface area contributed by atoms with Crippen molar-refractivity contribution in [2.75, 3.05) is 18.5 Å². The van der Waals surface area contributed by atoms with Crippen molar-refractivity contribution in [3.63, 3.8) is 0 Å². The summed E-state index contributed by atoms with van der Waals surface area (Å²) in [5, 5.41) is 22.4. The number of fused-ring (bicyclic) bond motifs is 1. The molecule has 0 atom stereocenters. The molecule has 0 fully saturated rings. The van der Waals surface area contributed by atoms with Crippen LogP contribution in [-0.2, 0) is 6.54 Å². The van der Waals surface area contributed by atoms with Crippen molar-refractivity contribution in [3.05, 3.63) is 87.2 Å². The van der Waals surface area contributed by atoms with E-state index in [-0.39, 0.29) is 47.0 Å². The van der Waals surface area contributed by atoms with Crippen molar-refractivity contribution in [2.24, 2.45) is 0 Å². The van der Waals surface area contributed by atoms with Crippen molar-refractivity contribution in [3.8, 4) is 22.4 Å². The first-order valence-electron chi connectivity index (χ1n) is 13.8. The maximum atomic E-state index is 14.1. The van der Waals surface area contributed by atoms with E-state index in [1.165, 1.54) is 22.9 Å². The van der Waals surface area contributed by atoms with Crippen LogP contribution in [0, 0.1) is 6.92 Å². The van der Waals surface area contributed by atoms with Crippen LogP contribution in [0.25, 0.3) is 33.4 Å². The third-order valence-corrected chi connectivity index (χ3v) is 7.34. The highest BCUT2D eigenvalue weighted by Crippen LogP contribution is 2.33. The zero-order valence-electron chi connectivity index (χ0n) is 24.4. The number of alkyl halides is 3. The molecule has 9 nitrogen and oxygen atoms in total. The molecule has 0 bridgehead atoms. The summed E-state index contributed by atoms with van der Waals surface area (Å²) >= 11 is 6.69. The zero-order chi connectivity index (χ0) is 32.0. The number of aliphatic hydroxyl groups is 2. The van der Waals surface area contributed by atoms with Gasteiger partial charge in [0.1, 0.15) is 5.65 Å². The van der Waals surface area contributed by atoms with Crippen LogP contribution >= 0.6 is 11.6 Å². The van der Waals surface area contributed by atoms with Crippen molar-refractivity contribution in [2.45, 2.75) is 52.4 Å². The number of nitrogens with one attached hydrogen (secondary N) is 1. The number of halogens is 4. The highest BCUT2D eigenvalue weighted by atomic mass is 35.5. The summed E-state index contributed by atoms with van der Waals surface area (Å²) in [5.74, 6) is 0.0936. The Morgan fingerprint density at radius 1 is 1.09 bits per heavy atom. The first-order valence-corrected chi connectivity index (χ1v) is 14.2. The van der Waals surface area contributed by atoms with E-state index >= 15 is 0 Å². The molecule has 4 aromatic rings. The molecule has 3 N–H and O–H groups in total.